The molecule has 124 valence electrons. The first-order valence-electron chi connectivity index (χ1n) is 7.22. The van der Waals surface area contributed by atoms with Crippen LogP contribution in [-0.2, 0) is 17.8 Å². The summed E-state index contributed by atoms with van der Waals surface area (Å²) in [6, 6.07) is 13.1. The first kappa shape index (κ1) is 16.5. The van der Waals surface area contributed by atoms with E-state index in [2.05, 4.69) is 9.82 Å². The number of ether oxygens (including phenoxy) is 2. The fourth-order valence-electron chi connectivity index (χ4n) is 2.21. The van der Waals surface area contributed by atoms with E-state index in [0.29, 0.717) is 6.61 Å². The number of hydrogen-bond donors (Lipinski definition) is 1. The van der Waals surface area contributed by atoms with E-state index in [1.807, 2.05) is 42.5 Å². The Hall–Kier alpha value is -2.31. The molecule has 0 spiro atoms. The molecule has 1 N–H and O–H groups in total. The third-order valence-electron chi connectivity index (χ3n) is 3.40. The minimum atomic E-state index is -0.241. The number of nitrogens with zero attached hydrogens (tertiary/aromatic N) is 1. The molecule has 5 nitrogen and oxygen atoms in total. The largest absolute Gasteiger partial charge is 0.497 e. The van der Waals surface area contributed by atoms with Gasteiger partial charge in [-0.05, 0) is 35.9 Å². The second-order valence-electron chi connectivity index (χ2n) is 5.07. The first-order valence-corrected chi connectivity index (χ1v) is 8.42. The predicted octanol–water partition coefficient (Wildman–Crippen LogP) is 3.70. The lowest BCUT2D eigenvalue weighted by molar-refractivity contribution is -0.118. The Kier molecular flexibility index (Phi) is 5.17. The zero-order valence-corrected chi connectivity index (χ0v) is 14.5. The van der Waals surface area contributed by atoms with Crippen LogP contribution in [0.5, 0.6) is 11.5 Å². The summed E-state index contributed by atoms with van der Waals surface area (Å²) in [6.07, 6.45) is 0.240. The summed E-state index contributed by atoms with van der Waals surface area (Å²) in [5.74, 6) is 1.30. The van der Waals surface area contributed by atoms with Crippen LogP contribution in [0, 0.1) is 0 Å². The lowest BCUT2D eigenvalue weighted by atomic mass is 10.1. The minimum absolute atomic E-state index is 0.240. The Morgan fingerprint density at radius 2 is 1.96 bits per heavy atom. The van der Waals surface area contributed by atoms with E-state index >= 15 is 0 Å². The molecule has 0 radical (unpaired) electrons. The van der Waals surface area contributed by atoms with Crippen LogP contribution in [0.25, 0.3) is 10.2 Å². The summed E-state index contributed by atoms with van der Waals surface area (Å²) in [6.45, 7) is 0.392. The average molecular weight is 363 g/mol. The monoisotopic (exact) mass is 362 g/mol. The van der Waals surface area contributed by atoms with Crippen LogP contribution < -0.4 is 14.3 Å². The van der Waals surface area contributed by atoms with Gasteiger partial charge in [-0.3, -0.25) is 9.63 Å². The SMILES string of the molecule is COc1ccc2nc(COc3ccc(CC(=O)NCl)cc3)sc2c1. The van der Waals surface area contributed by atoms with Crippen LogP contribution in [0.2, 0.25) is 0 Å². The van der Waals surface area contributed by atoms with E-state index < -0.39 is 0 Å². The summed E-state index contributed by atoms with van der Waals surface area (Å²) in [5, 5.41) is 0.892. The van der Waals surface area contributed by atoms with Crippen molar-refractivity contribution in [2.45, 2.75) is 13.0 Å². The molecule has 0 aliphatic carbocycles. The van der Waals surface area contributed by atoms with E-state index in [0.717, 1.165) is 32.3 Å². The van der Waals surface area contributed by atoms with Crippen molar-refractivity contribution in [3.05, 3.63) is 53.0 Å². The van der Waals surface area contributed by atoms with Gasteiger partial charge in [-0.25, -0.2) is 4.98 Å². The fraction of sp³-hybridized carbons (Fsp3) is 0.176. The van der Waals surface area contributed by atoms with E-state index in [-0.39, 0.29) is 12.3 Å². The number of thiazole rings is 1. The molecule has 0 atom stereocenters. The molecule has 3 rings (SSSR count). The molecule has 24 heavy (non-hydrogen) atoms. The number of methoxy groups -OCH3 is 1. The number of fused-ring (bicyclic) bond motifs is 1. The number of halogens is 1. The molecule has 0 saturated carbocycles. The highest BCUT2D eigenvalue weighted by Crippen LogP contribution is 2.27. The van der Waals surface area contributed by atoms with Crippen molar-refractivity contribution in [1.82, 2.24) is 9.82 Å². The molecule has 7 heteroatoms. The zero-order chi connectivity index (χ0) is 16.9. The highest BCUT2D eigenvalue weighted by atomic mass is 35.5. The third kappa shape index (κ3) is 3.96. The van der Waals surface area contributed by atoms with Crippen molar-refractivity contribution < 1.29 is 14.3 Å². The molecule has 1 heterocycles. The third-order valence-corrected chi connectivity index (χ3v) is 4.60. The Morgan fingerprint density at radius 1 is 1.21 bits per heavy atom. The number of amides is 1. The number of rotatable bonds is 6. The van der Waals surface area contributed by atoms with Gasteiger partial charge in [-0.1, -0.05) is 12.1 Å². The van der Waals surface area contributed by atoms with Gasteiger partial charge >= 0.3 is 0 Å². The van der Waals surface area contributed by atoms with Gasteiger partial charge in [0.15, 0.2) is 0 Å². The quantitative estimate of drug-likeness (QED) is 0.679. The van der Waals surface area contributed by atoms with Gasteiger partial charge < -0.3 is 9.47 Å². The summed E-state index contributed by atoms with van der Waals surface area (Å²) in [7, 11) is 1.65. The number of hydrogen-bond acceptors (Lipinski definition) is 5. The van der Waals surface area contributed by atoms with Gasteiger partial charge in [-0.15, -0.1) is 11.3 Å². The summed E-state index contributed by atoms with van der Waals surface area (Å²) in [4.78, 5) is 17.8. The van der Waals surface area contributed by atoms with Crippen LogP contribution in [0.4, 0.5) is 0 Å². The second kappa shape index (κ2) is 7.51. The molecule has 3 aromatic rings. The lowest BCUT2D eigenvalue weighted by Gasteiger charge is -2.05. The zero-order valence-electron chi connectivity index (χ0n) is 12.9. The molecule has 0 fully saturated rings. The molecule has 0 aliphatic heterocycles. The fourth-order valence-corrected chi connectivity index (χ4v) is 3.18. The predicted molar refractivity (Wildman–Crippen MR) is 94.6 cm³/mol. The summed E-state index contributed by atoms with van der Waals surface area (Å²) in [5.41, 5.74) is 1.80. The highest BCUT2D eigenvalue weighted by molar-refractivity contribution is 7.18. The molecular formula is C17H15ClN2O3S. The molecular weight excluding hydrogens is 348 g/mol. The van der Waals surface area contributed by atoms with Crippen LogP contribution in [0.15, 0.2) is 42.5 Å². The average Bonchev–Trinajstić information content (AvgIpc) is 3.02. The maximum Gasteiger partial charge on any atom is 0.238 e. The number of carbonyl (C=O) groups excluding carboxylic acids is 1. The van der Waals surface area contributed by atoms with Crippen molar-refractivity contribution >= 4 is 39.2 Å². The Bertz CT molecular complexity index is 849. The maximum atomic E-state index is 11.2. The summed E-state index contributed by atoms with van der Waals surface area (Å²) >= 11 is 6.84. The van der Waals surface area contributed by atoms with Crippen LogP contribution >= 0.6 is 23.1 Å². The van der Waals surface area contributed by atoms with Crippen LogP contribution in [0.1, 0.15) is 10.6 Å². The van der Waals surface area contributed by atoms with Gasteiger partial charge in [0.2, 0.25) is 5.91 Å². The Morgan fingerprint density at radius 3 is 2.67 bits per heavy atom. The maximum absolute atomic E-state index is 11.2. The van der Waals surface area contributed by atoms with Gasteiger partial charge in [0, 0.05) is 11.8 Å². The number of aromatic nitrogens is 1. The van der Waals surface area contributed by atoms with E-state index in [9.17, 15) is 4.79 Å². The second-order valence-corrected chi connectivity index (χ2v) is 6.37. The Labute approximate surface area is 148 Å². The molecule has 1 amide bonds. The van der Waals surface area contributed by atoms with Crippen LogP contribution in [-0.4, -0.2) is 18.0 Å². The smallest absolute Gasteiger partial charge is 0.238 e. The van der Waals surface area contributed by atoms with E-state index in [1.54, 1.807) is 18.4 Å². The normalized spacial score (nSPS) is 10.6. The van der Waals surface area contributed by atoms with Crippen molar-refractivity contribution in [2.24, 2.45) is 0 Å². The lowest BCUT2D eigenvalue weighted by Crippen LogP contribution is -2.14. The van der Waals surface area contributed by atoms with Gasteiger partial charge in [0.25, 0.3) is 0 Å². The van der Waals surface area contributed by atoms with Crippen molar-refractivity contribution in [3.8, 4) is 11.5 Å². The number of nitrogens with one attached hydrogen (secondary N) is 1. The van der Waals surface area contributed by atoms with E-state index in [4.69, 9.17) is 21.3 Å². The molecule has 0 aliphatic rings. The van der Waals surface area contributed by atoms with Gasteiger partial charge in [0.05, 0.1) is 23.7 Å². The number of carbonyl (C=O) groups is 1. The number of benzene rings is 2. The van der Waals surface area contributed by atoms with Crippen molar-refractivity contribution in [1.29, 1.82) is 0 Å². The van der Waals surface area contributed by atoms with E-state index in [1.165, 1.54) is 0 Å². The molecule has 0 bridgehead atoms. The molecule has 0 saturated heterocycles. The van der Waals surface area contributed by atoms with Gasteiger partial charge in [0.1, 0.15) is 23.1 Å². The van der Waals surface area contributed by atoms with Crippen molar-refractivity contribution in [2.75, 3.05) is 7.11 Å². The Balaban J connectivity index is 1.64. The molecule has 2 aromatic carbocycles. The standard InChI is InChI=1S/C17H15ClN2O3S/c1-22-13-6-7-14-15(9-13)24-17(19-14)10-23-12-4-2-11(3-5-12)8-16(21)20-18/h2-7,9H,8,10H2,1H3,(H,20,21). The first-order chi connectivity index (χ1) is 11.7. The van der Waals surface area contributed by atoms with Crippen LogP contribution in [0.3, 0.4) is 0 Å². The van der Waals surface area contributed by atoms with Gasteiger partial charge in [-0.2, -0.15) is 0 Å². The van der Waals surface area contributed by atoms with Crippen molar-refractivity contribution in [3.63, 3.8) is 0 Å². The molecule has 1 aromatic heterocycles. The minimum Gasteiger partial charge on any atom is -0.497 e. The highest BCUT2D eigenvalue weighted by Gasteiger charge is 2.07. The topological polar surface area (TPSA) is 60.5 Å². The summed E-state index contributed by atoms with van der Waals surface area (Å²) < 4.78 is 12.0. The molecule has 0 unspecified atom stereocenters.